The van der Waals surface area contributed by atoms with Crippen molar-refractivity contribution in [3.63, 3.8) is 0 Å². The van der Waals surface area contributed by atoms with Gasteiger partial charge in [-0.15, -0.1) is 12.4 Å². The molecule has 1 aromatic carbocycles. The summed E-state index contributed by atoms with van der Waals surface area (Å²) in [6.45, 7) is 3.95. The first-order valence-corrected chi connectivity index (χ1v) is 6.84. The van der Waals surface area contributed by atoms with Gasteiger partial charge in [0.15, 0.2) is 0 Å². The summed E-state index contributed by atoms with van der Waals surface area (Å²) in [7, 11) is 0. The Morgan fingerprint density at radius 1 is 1.58 bits per heavy atom. The topological polar surface area (TPSA) is 32.3 Å². The molecule has 7 heteroatoms. The molecule has 1 amide bonds. The normalized spacial score (nSPS) is 18.9. The third kappa shape index (κ3) is 3.60. The van der Waals surface area contributed by atoms with E-state index in [-0.39, 0.29) is 29.9 Å². The first kappa shape index (κ1) is 16.7. The Kier molecular flexibility index (Phi) is 6.05. The minimum atomic E-state index is -0.554. The molecule has 0 radical (unpaired) electrons. The lowest BCUT2D eigenvalue weighted by Gasteiger charge is -2.34. The molecule has 2 rings (SSSR count). The van der Waals surface area contributed by atoms with Crippen LogP contribution >= 0.6 is 39.9 Å². The van der Waals surface area contributed by atoms with Crippen LogP contribution in [-0.2, 0) is 0 Å². The van der Waals surface area contributed by atoms with Gasteiger partial charge in [-0.1, -0.05) is 11.6 Å². The summed E-state index contributed by atoms with van der Waals surface area (Å²) in [5.74, 6) is -0.863. The maximum Gasteiger partial charge on any atom is 0.257 e. The zero-order valence-corrected chi connectivity index (χ0v) is 13.4. The largest absolute Gasteiger partial charge is 0.333 e. The minimum absolute atomic E-state index is 0. The van der Waals surface area contributed by atoms with Crippen LogP contribution in [-0.4, -0.2) is 36.5 Å². The Hall–Kier alpha value is -0.360. The lowest BCUT2D eigenvalue weighted by Crippen LogP contribution is -2.52. The highest BCUT2D eigenvalue weighted by Crippen LogP contribution is 2.26. The molecular formula is C12H14BrCl2FN2O. The number of piperazine rings is 1. The molecule has 1 aliphatic rings. The predicted molar refractivity (Wildman–Crippen MR) is 79.7 cm³/mol. The minimum Gasteiger partial charge on any atom is -0.333 e. The molecule has 1 heterocycles. The van der Waals surface area contributed by atoms with Crippen LogP contribution in [0.5, 0.6) is 0 Å². The maximum atomic E-state index is 13.8. The average molecular weight is 372 g/mol. The first-order chi connectivity index (χ1) is 8.50. The lowest BCUT2D eigenvalue weighted by atomic mass is 10.1. The van der Waals surface area contributed by atoms with Gasteiger partial charge >= 0.3 is 0 Å². The van der Waals surface area contributed by atoms with E-state index in [1.807, 2.05) is 6.92 Å². The number of nitrogens with one attached hydrogen (secondary N) is 1. The Morgan fingerprint density at radius 3 is 2.89 bits per heavy atom. The molecule has 0 aromatic heterocycles. The van der Waals surface area contributed by atoms with Gasteiger partial charge in [0.1, 0.15) is 5.82 Å². The molecule has 0 spiro atoms. The fourth-order valence-electron chi connectivity index (χ4n) is 1.98. The molecule has 1 N–H and O–H groups in total. The van der Waals surface area contributed by atoms with Crippen molar-refractivity contribution < 1.29 is 9.18 Å². The van der Waals surface area contributed by atoms with Crippen molar-refractivity contribution in [3.05, 3.63) is 33.0 Å². The number of hydrogen-bond donors (Lipinski definition) is 1. The van der Waals surface area contributed by atoms with Crippen molar-refractivity contribution in [2.75, 3.05) is 19.6 Å². The monoisotopic (exact) mass is 370 g/mol. The summed E-state index contributed by atoms with van der Waals surface area (Å²) in [4.78, 5) is 13.9. The van der Waals surface area contributed by atoms with Crippen molar-refractivity contribution in [1.82, 2.24) is 10.2 Å². The summed E-state index contributed by atoms with van der Waals surface area (Å²) >= 11 is 9.04. The van der Waals surface area contributed by atoms with Crippen molar-refractivity contribution in [1.29, 1.82) is 0 Å². The van der Waals surface area contributed by atoms with Crippen molar-refractivity contribution in [2.24, 2.45) is 0 Å². The summed E-state index contributed by atoms with van der Waals surface area (Å²) < 4.78 is 14.3. The van der Waals surface area contributed by atoms with Crippen LogP contribution in [0.3, 0.4) is 0 Å². The van der Waals surface area contributed by atoms with Gasteiger partial charge in [-0.3, -0.25) is 4.79 Å². The van der Waals surface area contributed by atoms with E-state index >= 15 is 0 Å². The Morgan fingerprint density at radius 2 is 2.26 bits per heavy atom. The van der Waals surface area contributed by atoms with E-state index in [2.05, 4.69) is 21.2 Å². The molecule has 1 saturated heterocycles. The van der Waals surface area contributed by atoms with E-state index in [1.54, 1.807) is 4.90 Å². The molecule has 1 atom stereocenters. The van der Waals surface area contributed by atoms with Gasteiger partial charge in [-0.25, -0.2) is 4.39 Å². The Labute approximate surface area is 131 Å². The first-order valence-electron chi connectivity index (χ1n) is 5.67. The molecular weight excluding hydrogens is 358 g/mol. The summed E-state index contributed by atoms with van der Waals surface area (Å²) in [5.41, 5.74) is 0.0250. The van der Waals surface area contributed by atoms with Crippen LogP contribution in [0, 0.1) is 5.82 Å². The fraction of sp³-hybridized carbons (Fsp3) is 0.417. The number of benzene rings is 1. The maximum absolute atomic E-state index is 13.8. The van der Waals surface area contributed by atoms with Gasteiger partial charge < -0.3 is 10.2 Å². The molecule has 3 nitrogen and oxygen atoms in total. The number of rotatable bonds is 1. The zero-order chi connectivity index (χ0) is 13.3. The number of carbonyl (C=O) groups is 1. The molecule has 0 aliphatic carbocycles. The van der Waals surface area contributed by atoms with E-state index < -0.39 is 5.82 Å². The SMILES string of the molecule is CC1CNCCN1C(=O)c1cc(Cl)c(Br)cc1F.Cl. The van der Waals surface area contributed by atoms with Crippen LogP contribution in [0.4, 0.5) is 4.39 Å². The van der Waals surface area contributed by atoms with Gasteiger partial charge in [0, 0.05) is 30.1 Å². The fourth-order valence-corrected chi connectivity index (χ4v) is 2.46. The number of amides is 1. The summed E-state index contributed by atoms with van der Waals surface area (Å²) in [6.07, 6.45) is 0. The highest BCUT2D eigenvalue weighted by molar-refractivity contribution is 9.10. The average Bonchev–Trinajstić information content (AvgIpc) is 2.33. The van der Waals surface area contributed by atoms with Crippen molar-refractivity contribution in [2.45, 2.75) is 13.0 Å². The van der Waals surface area contributed by atoms with Gasteiger partial charge in [0.05, 0.1) is 10.6 Å². The van der Waals surface area contributed by atoms with Gasteiger partial charge in [0.25, 0.3) is 5.91 Å². The highest BCUT2D eigenvalue weighted by Gasteiger charge is 2.26. The van der Waals surface area contributed by atoms with Gasteiger partial charge in [-0.2, -0.15) is 0 Å². The molecule has 106 valence electrons. The standard InChI is InChI=1S/C12H13BrClFN2O.ClH/c1-7-6-16-2-3-17(7)12(18)8-4-10(14)9(13)5-11(8)15;/h4-5,7,16H,2-3,6H2,1H3;1H. The third-order valence-electron chi connectivity index (χ3n) is 3.00. The Balaban J connectivity index is 0.00000180. The molecule has 0 bridgehead atoms. The molecule has 0 saturated carbocycles. The molecule has 1 aromatic rings. The van der Waals surface area contributed by atoms with E-state index in [0.717, 1.165) is 13.1 Å². The van der Waals surface area contributed by atoms with Crippen LogP contribution in [0.2, 0.25) is 5.02 Å². The predicted octanol–water partition coefficient (Wildman–Crippen LogP) is 3.10. The molecule has 1 fully saturated rings. The van der Waals surface area contributed by atoms with Gasteiger partial charge in [0.2, 0.25) is 0 Å². The van der Waals surface area contributed by atoms with Crippen LogP contribution in [0.25, 0.3) is 0 Å². The van der Waals surface area contributed by atoms with Crippen molar-refractivity contribution in [3.8, 4) is 0 Å². The number of halogens is 4. The number of carbonyl (C=O) groups excluding carboxylic acids is 1. The van der Waals surface area contributed by atoms with Crippen LogP contribution in [0.15, 0.2) is 16.6 Å². The summed E-state index contributed by atoms with van der Waals surface area (Å²) in [5, 5.41) is 3.52. The number of nitrogens with zero attached hydrogens (tertiary/aromatic N) is 1. The van der Waals surface area contributed by atoms with E-state index in [4.69, 9.17) is 11.6 Å². The quantitative estimate of drug-likeness (QED) is 0.769. The second-order valence-corrected chi connectivity index (χ2v) is 5.56. The second-order valence-electron chi connectivity index (χ2n) is 4.30. The smallest absolute Gasteiger partial charge is 0.257 e. The molecule has 19 heavy (non-hydrogen) atoms. The third-order valence-corrected chi connectivity index (χ3v) is 4.20. The molecule has 1 unspecified atom stereocenters. The van der Waals surface area contributed by atoms with Gasteiger partial charge in [-0.05, 0) is 35.0 Å². The summed E-state index contributed by atoms with van der Waals surface area (Å²) in [6, 6.07) is 2.65. The van der Waals surface area contributed by atoms with E-state index in [1.165, 1.54) is 12.1 Å². The van der Waals surface area contributed by atoms with E-state index in [0.29, 0.717) is 16.0 Å². The second kappa shape index (κ2) is 6.88. The lowest BCUT2D eigenvalue weighted by molar-refractivity contribution is 0.0651. The number of hydrogen-bond acceptors (Lipinski definition) is 2. The molecule has 1 aliphatic heterocycles. The van der Waals surface area contributed by atoms with Crippen LogP contribution in [0.1, 0.15) is 17.3 Å². The van der Waals surface area contributed by atoms with E-state index in [9.17, 15) is 9.18 Å². The van der Waals surface area contributed by atoms with Crippen molar-refractivity contribution >= 4 is 45.8 Å². The highest BCUT2D eigenvalue weighted by atomic mass is 79.9. The van der Waals surface area contributed by atoms with Crippen LogP contribution < -0.4 is 5.32 Å². The zero-order valence-electron chi connectivity index (χ0n) is 10.3. The Bertz CT molecular complexity index is 487.